The van der Waals surface area contributed by atoms with E-state index >= 15 is 0 Å². The van der Waals surface area contributed by atoms with E-state index in [1.807, 2.05) is 19.1 Å². The summed E-state index contributed by atoms with van der Waals surface area (Å²) in [6.07, 6.45) is 4.69. The van der Waals surface area contributed by atoms with Crippen molar-refractivity contribution in [3.63, 3.8) is 0 Å². The summed E-state index contributed by atoms with van der Waals surface area (Å²) in [4.78, 5) is 28.4. The van der Waals surface area contributed by atoms with Gasteiger partial charge in [0, 0.05) is 17.7 Å². The van der Waals surface area contributed by atoms with Crippen LogP contribution in [0.5, 0.6) is 0 Å². The highest BCUT2D eigenvalue weighted by Gasteiger charge is 2.28. The van der Waals surface area contributed by atoms with Gasteiger partial charge in [-0.15, -0.1) is 0 Å². The number of amides is 1. The summed E-state index contributed by atoms with van der Waals surface area (Å²) >= 11 is 0. The van der Waals surface area contributed by atoms with Crippen LogP contribution in [0.4, 0.5) is 0 Å². The van der Waals surface area contributed by atoms with Crippen LogP contribution in [0.1, 0.15) is 55.7 Å². The largest absolute Gasteiger partial charge is 0.490 e. The van der Waals surface area contributed by atoms with Crippen molar-refractivity contribution in [3.8, 4) is 0 Å². The van der Waals surface area contributed by atoms with E-state index in [-0.39, 0.29) is 17.4 Å². The Hall–Kier alpha value is -3.94. The summed E-state index contributed by atoms with van der Waals surface area (Å²) in [6.45, 7) is 10.1. The molecule has 0 aliphatic heterocycles. The number of carbonyl (C=O) groups excluding carboxylic acids is 1. The van der Waals surface area contributed by atoms with Crippen molar-refractivity contribution in [1.82, 2.24) is 19.9 Å². The Balaban J connectivity index is 1.61. The predicted octanol–water partition coefficient (Wildman–Crippen LogP) is 3.33. The van der Waals surface area contributed by atoms with Gasteiger partial charge in [-0.25, -0.2) is 14.3 Å². The molecule has 31 heavy (non-hydrogen) atoms. The molecular weight excluding hydrogens is 396 g/mol. The number of carbonyl (C=O) groups is 2. The molecule has 8 nitrogen and oxygen atoms in total. The van der Waals surface area contributed by atoms with Gasteiger partial charge in [-0.1, -0.05) is 31.4 Å². The van der Waals surface area contributed by atoms with Crippen molar-refractivity contribution < 1.29 is 19.4 Å². The quantitative estimate of drug-likeness (QED) is 0.450. The second-order valence-electron chi connectivity index (χ2n) is 7.33. The van der Waals surface area contributed by atoms with Gasteiger partial charge in [0.1, 0.15) is 18.1 Å². The molecule has 1 amide bonds. The molecule has 0 unspecified atom stereocenters. The number of nitrogens with zero attached hydrogens (tertiary/aromatic N) is 3. The Labute approximate surface area is 178 Å². The number of ether oxygens (including phenoxy) is 1. The van der Waals surface area contributed by atoms with Gasteiger partial charge in [-0.2, -0.15) is 5.10 Å². The van der Waals surface area contributed by atoms with Crippen LogP contribution >= 0.6 is 0 Å². The fraction of sp³-hybridized carbons (Fsp3) is 0.217. The number of benzene rings is 1. The molecule has 0 saturated heterocycles. The highest BCUT2D eigenvalue weighted by atomic mass is 16.5. The number of hydrogen-bond donors (Lipinski definition) is 2. The molecule has 1 atom stereocenters. The zero-order chi connectivity index (χ0) is 22.1. The molecule has 4 rings (SSSR count). The zero-order valence-corrected chi connectivity index (χ0v) is 17.1. The van der Waals surface area contributed by atoms with E-state index in [2.05, 4.69) is 28.6 Å². The average molecular weight is 418 g/mol. The summed E-state index contributed by atoms with van der Waals surface area (Å²) in [5, 5.41) is 16.4. The monoisotopic (exact) mass is 418 g/mol. The van der Waals surface area contributed by atoms with Crippen LogP contribution < -0.4 is 5.32 Å². The summed E-state index contributed by atoms with van der Waals surface area (Å²) in [6, 6.07) is 6.54. The Morgan fingerprint density at radius 1 is 1.39 bits per heavy atom. The first-order valence-corrected chi connectivity index (χ1v) is 9.85. The number of aromatic nitrogens is 3. The van der Waals surface area contributed by atoms with Crippen molar-refractivity contribution in [1.29, 1.82) is 0 Å². The van der Waals surface area contributed by atoms with Crippen molar-refractivity contribution in [2.75, 3.05) is 6.61 Å². The molecule has 3 aromatic rings. The molecule has 2 N–H and O–H groups in total. The van der Waals surface area contributed by atoms with Crippen molar-refractivity contribution in [2.45, 2.75) is 25.8 Å². The smallest absolute Gasteiger partial charge is 0.354 e. The van der Waals surface area contributed by atoms with E-state index in [1.54, 1.807) is 12.1 Å². The molecule has 1 aliphatic carbocycles. The van der Waals surface area contributed by atoms with Crippen LogP contribution in [0.25, 0.3) is 11.4 Å². The van der Waals surface area contributed by atoms with Gasteiger partial charge in [0.25, 0.3) is 5.91 Å². The third kappa shape index (κ3) is 3.68. The standard InChI is InChI=1S/C23H22N4O4/c1-4-11-31-14(3)15-5-6-17-16(13(15)2)7-8-18(17)26-22(28)20-12-19(23(29)30)25-21-9-10-24-27(20)21/h4-6,9-10,12,18H,1,3,7-8,11H2,2H3,(H,26,28)(H,29,30)/t18-/m0/s1. The summed E-state index contributed by atoms with van der Waals surface area (Å²) in [5.41, 5.74) is 4.44. The van der Waals surface area contributed by atoms with E-state index in [4.69, 9.17) is 4.74 Å². The Morgan fingerprint density at radius 3 is 2.94 bits per heavy atom. The van der Waals surface area contributed by atoms with Gasteiger partial charge in [0.05, 0.1) is 12.2 Å². The molecule has 0 saturated carbocycles. The fourth-order valence-corrected chi connectivity index (χ4v) is 3.99. The average Bonchev–Trinajstić information content (AvgIpc) is 3.39. The van der Waals surface area contributed by atoms with Crippen molar-refractivity contribution in [3.05, 3.63) is 83.3 Å². The number of fused-ring (bicyclic) bond motifs is 2. The third-order valence-electron chi connectivity index (χ3n) is 5.49. The topological polar surface area (TPSA) is 106 Å². The molecular formula is C23H22N4O4. The number of nitrogens with one attached hydrogen (secondary N) is 1. The van der Waals surface area contributed by atoms with Gasteiger partial charge in [-0.3, -0.25) is 4.79 Å². The first kappa shape index (κ1) is 20.3. The Bertz CT molecular complexity index is 1230. The lowest BCUT2D eigenvalue weighted by atomic mass is 9.97. The second kappa shape index (κ2) is 8.06. The van der Waals surface area contributed by atoms with Gasteiger partial charge < -0.3 is 15.2 Å². The van der Waals surface area contributed by atoms with Crippen LogP contribution in [0, 0.1) is 6.92 Å². The lowest BCUT2D eigenvalue weighted by molar-refractivity contribution is 0.0690. The summed E-state index contributed by atoms with van der Waals surface area (Å²) in [7, 11) is 0. The molecule has 158 valence electrons. The van der Waals surface area contributed by atoms with E-state index in [9.17, 15) is 14.7 Å². The van der Waals surface area contributed by atoms with Crippen LogP contribution in [0.2, 0.25) is 0 Å². The molecule has 8 heteroatoms. The predicted molar refractivity (Wildman–Crippen MR) is 115 cm³/mol. The molecule has 0 spiro atoms. The van der Waals surface area contributed by atoms with Crippen LogP contribution in [0.15, 0.2) is 49.7 Å². The third-order valence-corrected chi connectivity index (χ3v) is 5.49. The summed E-state index contributed by atoms with van der Waals surface area (Å²) < 4.78 is 6.93. The van der Waals surface area contributed by atoms with Crippen LogP contribution in [-0.2, 0) is 11.2 Å². The Kier molecular flexibility index (Phi) is 5.29. The lowest BCUT2D eigenvalue weighted by Crippen LogP contribution is -2.29. The Morgan fingerprint density at radius 2 is 2.19 bits per heavy atom. The van der Waals surface area contributed by atoms with Crippen LogP contribution in [-0.4, -0.2) is 38.2 Å². The maximum atomic E-state index is 13.0. The minimum Gasteiger partial charge on any atom is -0.490 e. The number of carboxylic acids is 1. The first-order valence-electron chi connectivity index (χ1n) is 9.85. The maximum absolute atomic E-state index is 13.0. The molecule has 2 aromatic heterocycles. The van der Waals surface area contributed by atoms with E-state index in [0.29, 0.717) is 18.0 Å². The van der Waals surface area contributed by atoms with Crippen LogP contribution in [0.3, 0.4) is 0 Å². The van der Waals surface area contributed by atoms with Gasteiger partial charge >= 0.3 is 5.97 Å². The lowest BCUT2D eigenvalue weighted by Gasteiger charge is -2.17. The number of rotatable bonds is 7. The molecule has 1 aliphatic rings. The molecule has 1 aromatic carbocycles. The summed E-state index contributed by atoms with van der Waals surface area (Å²) in [5.74, 6) is -1.02. The SMILES string of the molecule is C=CCOC(=C)c1ccc2c(c1C)CC[C@@H]2NC(=O)c1cc(C(=O)O)nc2ccnn12. The number of aromatic carboxylic acids is 1. The highest BCUT2D eigenvalue weighted by molar-refractivity contribution is 5.96. The molecule has 0 fully saturated rings. The van der Waals surface area contributed by atoms with Crippen molar-refractivity contribution in [2.24, 2.45) is 0 Å². The second-order valence-corrected chi connectivity index (χ2v) is 7.33. The van der Waals surface area contributed by atoms with E-state index in [0.717, 1.165) is 35.1 Å². The van der Waals surface area contributed by atoms with E-state index < -0.39 is 11.9 Å². The van der Waals surface area contributed by atoms with Gasteiger partial charge in [0.2, 0.25) is 0 Å². The molecule has 2 heterocycles. The number of carboxylic acid groups (broad SMARTS) is 1. The molecule has 0 bridgehead atoms. The number of hydrogen-bond acceptors (Lipinski definition) is 5. The minimum absolute atomic E-state index is 0.125. The van der Waals surface area contributed by atoms with Crippen molar-refractivity contribution >= 4 is 23.3 Å². The zero-order valence-electron chi connectivity index (χ0n) is 17.1. The van der Waals surface area contributed by atoms with Gasteiger partial charge in [0.15, 0.2) is 11.3 Å². The van der Waals surface area contributed by atoms with Gasteiger partial charge in [-0.05, 0) is 36.5 Å². The maximum Gasteiger partial charge on any atom is 0.354 e. The molecule has 0 radical (unpaired) electrons. The highest BCUT2D eigenvalue weighted by Crippen LogP contribution is 2.36. The minimum atomic E-state index is -1.20. The van der Waals surface area contributed by atoms with E-state index in [1.165, 1.54) is 16.8 Å². The first-order chi connectivity index (χ1) is 14.9. The fourth-order valence-electron chi connectivity index (χ4n) is 3.99. The normalized spacial score (nSPS) is 14.8.